The molecule has 1 saturated heterocycles. The predicted octanol–water partition coefficient (Wildman–Crippen LogP) is 1.82. The SMILES string of the molecule is Cc1nc(C2CCCN2CC(=O)NC(C2CC2)C2CC2)no1. The van der Waals surface area contributed by atoms with Crippen LogP contribution in [0.4, 0.5) is 0 Å². The van der Waals surface area contributed by atoms with Gasteiger partial charge in [-0.25, -0.2) is 0 Å². The molecule has 0 bridgehead atoms. The van der Waals surface area contributed by atoms with Crippen LogP contribution in [0, 0.1) is 18.8 Å². The maximum Gasteiger partial charge on any atom is 0.234 e. The van der Waals surface area contributed by atoms with Gasteiger partial charge in [0, 0.05) is 13.0 Å². The van der Waals surface area contributed by atoms with Gasteiger partial charge in [0.15, 0.2) is 5.82 Å². The molecule has 2 heterocycles. The van der Waals surface area contributed by atoms with Crippen LogP contribution in [0.25, 0.3) is 0 Å². The zero-order valence-corrected chi connectivity index (χ0v) is 13.1. The van der Waals surface area contributed by atoms with E-state index in [4.69, 9.17) is 4.52 Å². The van der Waals surface area contributed by atoms with Crippen molar-refractivity contribution in [1.82, 2.24) is 20.4 Å². The fourth-order valence-electron chi connectivity index (χ4n) is 3.71. The number of hydrogen-bond acceptors (Lipinski definition) is 5. The van der Waals surface area contributed by atoms with Crippen molar-refractivity contribution in [1.29, 1.82) is 0 Å². The highest BCUT2D eigenvalue weighted by Gasteiger charge is 2.42. The Kier molecular flexibility index (Phi) is 3.64. The van der Waals surface area contributed by atoms with Crippen LogP contribution in [0.1, 0.15) is 56.3 Å². The molecular weight excluding hydrogens is 280 g/mol. The van der Waals surface area contributed by atoms with Crippen LogP contribution in [0.3, 0.4) is 0 Å². The third-order valence-electron chi connectivity index (χ3n) is 5.14. The van der Waals surface area contributed by atoms with E-state index in [2.05, 4.69) is 20.4 Å². The summed E-state index contributed by atoms with van der Waals surface area (Å²) in [5.41, 5.74) is 0. The zero-order chi connectivity index (χ0) is 15.1. The Morgan fingerprint density at radius 3 is 2.64 bits per heavy atom. The first-order valence-electron chi connectivity index (χ1n) is 8.54. The van der Waals surface area contributed by atoms with Gasteiger partial charge in [-0.15, -0.1) is 0 Å². The number of aromatic nitrogens is 2. The van der Waals surface area contributed by atoms with E-state index in [9.17, 15) is 4.79 Å². The molecule has 1 atom stereocenters. The molecule has 1 unspecified atom stereocenters. The van der Waals surface area contributed by atoms with Crippen LogP contribution in [-0.2, 0) is 4.79 Å². The molecule has 1 N–H and O–H groups in total. The minimum absolute atomic E-state index is 0.128. The smallest absolute Gasteiger partial charge is 0.234 e. The molecule has 3 aliphatic rings. The van der Waals surface area contributed by atoms with Gasteiger partial charge in [0.2, 0.25) is 11.8 Å². The van der Waals surface area contributed by atoms with Gasteiger partial charge < -0.3 is 9.84 Å². The van der Waals surface area contributed by atoms with E-state index in [0.717, 1.165) is 37.0 Å². The molecule has 6 nitrogen and oxygen atoms in total. The fraction of sp³-hybridized carbons (Fsp3) is 0.812. The summed E-state index contributed by atoms with van der Waals surface area (Å²) in [6.45, 7) is 3.19. The Morgan fingerprint density at radius 1 is 1.32 bits per heavy atom. The number of likely N-dealkylation sites (tertiary alicyclic amines) is 1. The lowest BCUT2D eigenvalue weighted by atomic mass is 10.1. The van der Waals surface area contributed by atoms with Crippen molar-refractivity contribution in [2.24, 2.45) is 11.8 Å². The Labute approximate surface area is 130 Å². The maximum absolute atomic E-state index is 12.4. The molecule has 0 spiro atoms. The van der Waals surface area contributed by atoms with Crippen LogP contribution in [0.5, 0.6) is 0 Å². The van der Waals surface area contributed by atoms with Crippen molar-refractivity contribution in [2.45, 2.75) is 57.5 Å². The lowest BCUT2D eigenvalue weighted by Gasteiger charge is -2.24. The first-order valence-corrected chi connectivity index (χ1v) is 8.54. The second kappa shape index (κ2) is 5.65. The summed E-state index contributed by atoms with van der Waals surface area (Å²) >= 11 is 0. The summed E-state index contributed by atoms with van der Waals surface area (Å²) in [7, 11) is 0. The van der Waals surface area contributed by atoms with Gasteiger partial charge in [-0.3, -0.25) is 9.69 Å². The molecular formula is C16H24N4O2. The third kappa shape index (κ3) is 3.02. The Hall–Kier alpha value is -1.43. The largest absolute Gasteiger partial charge is 0.352 e. The average molecular weight is 304 g/mol. The van der Waals surface area contributed by atoms with Gasteiger partial charge in [-0.2, -0.15) is 4.98 Å². The van der Waals surface area contributed by atoms with Gasteiger partial charge in [-0.05, 0) is 56.9 Å². The lowest BCUT2D eigenvalue weighted by Crippen LogP contribution is -2.44. The van der Waals surface area contributed by atoms with E-state index in [1.54, 1.807) is 6.92 Å². The number of aryl methyl sites for hydroxylation is 1. The zero-order valence-electron chi connectivity index (χ0n) is 13.1. The van der Waals surface area contributed by atoms with E-state index >= 15 is 0 Å². The molecule has 1 aromatic heterocycles. The normalized spacial score (nSPS) is 25.8. The van der Waals surface area contributed by atoms with Gasteiger partial charge in [-0.1, -0.05) is 5.16 Å². The molecule has 3 fully saturated rings. The molecule has 0 radical (unpaired) electrons. The minimum atomic E-state index is 0.128. The van der Waals surface area contributed by atoms with Crippen molar-refractivity contribution in [2.75, 3.05) is 13.1 Å². The summed E-state index contributed by atoms with van der Waals surface area (Å²) in [6, 6.07) is 0.560. The molecule has 6 heteroatoms. The Bertz CT molecular complexity index is 538. The van der Waals surface area contributed by atoms with Crippen molar-refractivity contribution in [3.8, 4) is 0 Å². The number of hydrogen-bond donors (Lipinski definition) is 1. The molecule has 1 aromatic rings. The maximum atomic E-state index is 12.4. The van der Waals surface area contributed by atoms with E-state index in [0.29, 0.717) is 18.5 Å². The lowest BCUT2D eigenvalue weighted by molar-refractivity contribution is -0.123. The highest BCUT2D eigenvalue weighted by molar-refractivity contribution is 5.78. The summed E-state index contributed by atoms with van der Waals surface area (Å²) < 4.78 is 5.09. The van der Waals surface area contributed by atoms with Gasteiger partial charge in [0.25, 0.3) is 0 Å². The summed E-state index contributed by atoms with van der Waals surface area (Å²) in [5.74, 6) is 2.96. The second-order valence-corrected chi connectivity index (χ2v) is 7.07. The number of nitrogens with one attached hydrogen (secondary N) is 1. The van der Waals surface area contributed by atoms with Gasteiger partial charge in [0.05, 0.1) is 12.6 Å². The monoisotopic (exact) mass is 304 g/mol. The standard InChI is InChI=1S/C16H24N4O2/c1-10-17-16(19-22-10)13-3-2-8-20(13)9-14(21)18-15(11-4-5-11)12-6-7-12/h11-13,15H,2-9H2,1H3,(H,18,21). The third-order valence-corrected chi connectivity index (χ3v) is 5.14. The quantitative estimate of drug-likeness (QED) is 0.868. The van der Waals surface area contributed by atoms with Crippen LogP contribution in [-0.4, -0.2) is 40.1 Å². The fourth-order valence-corrected chi connectivity index (χ4v) is 3.71. The summed E-state index contributed by atoms with van der Waals surface area (Å²) in [5, 5.41) is 7.33. The van der Waals surface area contributed by atoms with Gasteiger partial charge in [0.1, 0.15) is 0 Å². The van der Waals surface area contributed by atoms with Crippen molar-refractivity contribution >= 4 is 5.91 Å². The molecule has 2 saturated carbocycles. The summed E-state index contributed by atoms with van der Waals surface area (Å²) in [6.07, 6.45) is 7.23. The molecule has 4 rings (SSSR count). The number of nitrogens with zero attached hydrogens (tertiary/aromatic N) is 3. The Balaban J connectivity index is 1.36. The van der Waals surface area contributed by atoms with Crippen molar-refractivity contribution in [3.63, 3.8) is 0 Å². The van der Waals surface area contributed by atoms with Crippen LogP contribution < -0.4 is 5.32 Å². The molecule has 1 aliphatic heterocycles. The molecule has 22 heavy (non-hydrogen) atoms. The van der Waals surface area contributed by atoms with Crippen molar-refractivity contribution in [3.05, 3.63) is 11.7 Å². The van der Waals surface area contributed by atoms with E-state index in [-0.39, 0.29) is 11.9 Å². The van der Waals surface area contributed by atoms with E-state index < -0.39 is 0 Å². The first kappa shape index (κ1) is 14.2. The van der Waals surface area contributed by atoms with Crippen LogP contribution in [0.15, 0.2) is 4.52 Å². The van der Waals surface area contributed by atoms with Gasteiger partial charge >= 0.3 is 0 Å². The average Bonchev–Trinajstić information content (AvgIpc) is 3.41. The number of rotatable bonds is 6. The van der Waals surface area contributed by atoms with E-state index in [1.165, 1.54) is 25.7 Å². The second-order valence-electron chi connectivity index (χ2n) is 7.07. The highest BCUT2D eigenvalue weighted by Crippen LogP contribution is 2.44. The van der Waals surface area contributed by atoms with Crippen LogP contribution >= 0.6 is 0 Å². The molecule has 0 aromatic carbocycles. The highest BCUT2D eigenvalue weighted by atomic mass is 16.5. The molecule has 120 valence electrons. The number of carbonyl (C=O) groups is 1. The number of carbonyl (C=O) groups excluding carboxylic acids is 1. The predicted molar refractivity (Wildman–Crippen MR) is 80.0 cm³/mol. The molecule has 2 aliphatic carbocycles. The van der Waals surface area contributed by atoms with Crippen LogP contribution in [0.2, 0.25) is 0 Å². The Morgan fingerprint density at radius 2 is 2.05 bits per heavy atom. The number of amides is 1. The summed E-state index contributed by atoms with van der Waals surface area (Å²) in [4.78, 5) is 19.0. The topological polar surface area (TPSA) is 71.3 Å². The molecule has 1 amide bonds. The van der Waals surface area contributed by atoms with E-state index in [1.807, 2.05) is 0 Å². The first-order chi connectivity index (χ1) is 10.7. The minimum Gasteiger partial charge on any atom is -0.352 e. The van der Waals surface area contributed by atoms with Crippen molar-refractivity contribution < 1.29 is 9.32 Å².